The highest BCUT2D eigenvalue weighted by atomic mass is 16.3. The Morgan fingerprint density at radius 1 is 1.18 bits per heavy atom. The fraction of sp³-hybridized carbons (Fsp3) is 0.222. The molecular weight excluding hydrogens is 276 g/mol. The fourth-order valence-electron chi connectivity index (χ4n) is 2.43. The highest BCUT2D eigenvalue weighted by molar-refractivity contribution is 5.78. The number of nitrogens with zero attached hydrogens (tertiary/aromatic N) is 2. The normalized spacial score (nSPS) is 10.8. The number of hydrogen-bond donors (Lipinski definition) is 0. The molecule has 0 aliphatic carbocycles. The minimum absolute atomic E-state index is 0.109. The molecule has 0 saturated heterocycles. The number of amides is 1. The third-order valence-electron chi connectivity index (χ3n) is 3.67. The molecule has 1 amide bonds. The molecule has 4 nitrogen and oxygen atoms in total. The van der Waals surface area contributed by atoms with E-state index in [1.54, 1.807) is 17.3 Å². The summed E-state index contributed by atoms with van der Waals surface area (Å²) < 4.78 is 5.75. The minimum Gasteiger partial charge on any atom is -0.459 e. The Labute approximate surface area is 129 Å². The van der Waals surface area contributed by atoms with Crippen LogP contribution in [0, 0.1) is 0 Å². The number of aryl methyl sites for hydroxylation is 1. The van der Waals surface area contributed by atoms with E-state index in [9.17, 15) is 4.79 Å². The summed E-state index contributed by atoms with van der Waals surface area (Å²) in [5.74, 6) is 0.915. The van der Waals surface area contributed by atoms with Crippen molar-refractivity contribution in [3.05, 3.63) is 66.2 Å². The van der Waals surface area contributed by atoms with Crippen LogP contribution in [0.1, 0.15) is 17.7 Å². The molecule has 2 heterocycles. The van der Waals surface area contributed by atoms with Gasteiger partial charge in [-0.15, -0.1) is 0 Å². The van der Waals surface area contributed by atoms with Gasteiger partial charge in [0.25, 0.3) is 0 Å². The Bertz CT molecular complexity index is 732. The summed E-state index contributed by atoms with van der Waals surface area (Å²) >= 11 is 0. The van der Waals surface area contributed by atoms with Crippen LogP contribution in [0.25, 0.3) is 11.0 Å². The van der Waals surface area contributed by atoms with Gasteiger partial charge in [0.05, 0.1) is 6.54 Å². The zero-order valence-corrected chi connectivity index (χ0v) is 12.5. The molecule has 0 spiro atoms. The molecule has 0 radical (unpaired) electrons. The number of benzene rings is 1. The zero-order chi connectivity index (χ0) is 15.4. The number of fused-ring (bicyclic) bond motifs is 1. The number of aromatic nitrogens is 1. The van der Waals surface area contributed by atoms with E-state index in [1.807, 2.05) is 49.5 Å². The summed E-state index contributed by atoms with van der Waals surface area (Å²) in [6.07, 6.45) is 4.71. The maximum atomic E-state index is 12.2. The molecule has 0 fully saturated rings. The molecule has 0 aliphatic heterocycles. The van der Waals surface area contributed by atoms with Crippen LogP contribution in [-0.2, 0) is 17.8 Å². The van der Waals surface area contributed by atoms with Gasteiger partial charge in [-0.25, -0.2) is 0 Å². The van der Waals surface area contributed by atoms with Crippen LogP contribution in [0.4, 0.5) is 0 Å². The van der Waals surface area contributed by atoms with Crippen LogP contribution in [-0.4, -0.2) is 22.8 Å². The van der Waals surface area contributed by atoms with Crippen molar-refractivity contribution in [2.24, 2.45) is 0 Å². The molecule has 0 saturated carbocycles. The largest absolute Gasteiger partial charge is 0.459 e. The number of para-hydroxylation sites is 1. The predicted molar refractivity (Wildman–Crippen MR) is 85.2 cm³/mol. The van der Waals surface area contributed by atoms with Crippen molar-refractivity contribution in [1.29, 1.82) is 0 Å². The van der Waals surface area contributed by atoms with Gasteiger partial charge in [-0.05, 0) is 36.2 Å². The van der Waals surface area contributed by atoms with Gasteiger partial charge in [0.15, 0.2) is 0 Å². The number of pyridine rings is 1. The smallest absolute Gasteiger partial charge is 0.223 e. The number of rotatable bonds is 5. The number of carbonyl (C=O) groups is 1. The van der Waals surface area contributed by atoms with Crippen LogP contribution < -0.4 is 0 Å². The second-order valence-electron chi connectivity index (χ2n) is 5.36. The minimum atomic E-state index is 0.109. The lowest BCUT2D eigenvalue weighted by atomic mass is 10.1. The molecular formula is C18H18N2O2. The van der Waals surface area contributed by atoms with Crippen molar-refractivity contribution in [2.75, 3.05) is 7.05 Å². The van der Waals surface area contributed by atoms with Gasteiger partial charge in [0, 0.05) is 31.2 Å². The van der Waals surface area contributed by atoms with Crippen molar-refractivity contribution < 1.29 is 9.21 Å². The van der Waals surface area contributed by atoms with E-state index in [4.69, 9.17) is 4.42 Å². The molecule has 3 aromatic rings. The van der Waals surface area contributed by atoms with E-state index >= 15 is 0 Å². The van der Waals surface area contributed by atoms with Gasteiger partial charge in [0.1, 0.15) is 11.3 Å². The Morgan fingerprint density at radius 3 is 2.73 bits per heavy atom. The molecule has 0 bridgehead atoms. The highest BCUT2D eigenvalue weighted by Gasteiger charge is 2.12. The molecule has 0 N–H and O–H groups in total. The van der Waals surface area contributed by atoms with Crippen LogP contribution in [0.2, 0.25) is 0 Å². The maximum Gasteiger partial charge on any atom is 0.223 e. The third-order valence-corrected chi connectivity index (χ3v) is 3.67. The number of carbonyl (C=O) groups excluding carboxylic acids is 1. The maximum absolute atomic E-state index is 12.2. The van der Waals surface area contributed by atoms with Gasteiger partial charge in [-0.2, -0.15) is 0 Å². The lowest BCUT2D eigenvalue weighted by molar-refractivity contribution is -0.130. The molecule has 4 heteroatoms. The van der Waals surface area contributed by atoms with Gasteiger partial charge in [-0.3, -0.25) is 9.78 Å². The van der Waals surface area contributed by atoms with E-state index in [2.05, 4.69) is 4.98 Å². The fourth-order valence-corrected chi connectivity index (χ4v) is 2.43. The van der Waals surface area contributed by atoms with Gasteiger partial charge in [0.2, 0.25) is 5.91 Å². The monoisotopic (exact) mass is 294 g/mol. The van der Waals surface area contributed by atoms with Crippen molar-refractivity contribution in [2.45, 2.75) is 19.4 Å². The van der Waals surface area contributed by atoms with Crippen molar-refractivity contribution in [1.82, 2.24) is 9.88 Å². The van der Waals surface area contributed by atoms with E-state index in [1.165, 1.54) is 0 Å². The Hall–Kier alpha value is -2.62. The molecule has 3 rings (SSSR count). The first-order valence-electron chi connectivity index (χ1n) is 7.33. The van der Waals surface area contributed by atoms with E-state index in [0.717, 1.165) is 28.7 Å². The topological polar surface area (TPSA) is 46.3 Å². The summed E-state index contributed by atoms with van der Waals surface area (Å²) in [6, 6.07) is 13.7. The first-order valence-corrected chi connectivity index (χ1v) is 7.33. The number of furan rings is 1. The zero-order valence-electron chi connectivity index (χ0n) is 12.5. The summed E-state index contributed by atoms with van der Waals surface area (Å²) in [4.78, 5) is 17.9. The van der Waals surface area contributed by atoms with Crippen molar-refractivity contribution >= 4 is 16.9 Å². The van der Waals surface area contributed by atoms with Crippen molar-refractivity contribution in [3.63, 3.8) is 0 Å². The summed E-state index contributed by atoms with van der Waals surface area (Å²) in [6.45, 7) is 0.490. The summed E-state index contributed by atoms with van der Waals surface area (Å²) in [5.41, 5.74) is 1.98. The van der Waals surface area contributed by atoms with E-state index < -0.39 is 0 Å². The third kappa shape index (κ3) is 3.34. The summed E-state index contributed by atoms with van der Waals surface area (Å²) in [5, 5.41) is 1.06. The molecule has 0 atom stereocenters. The quantitative estimate of drug-likeness (QED) is 0.724. The van der Waals surface area contributed by atoms with Gasteiger partial charge >= 0.3 is 0 Å². The van der Waals surface area contributed by atoms with Gasteiger partial charge < -0.3 is 9.32 Å². The van der Waals surface area contributed by atoms with E-state index in [-0.39, 0.29) is 5.91 Å². The molecule has 2 aromatic heterocycles. The van der Waals surface area contributed by atoms with Crippen LogP contribution in [0.3, 0.4) is 0 Å². The lowest BCUT2D eigenvalue weighted by Crippen LogP contribution is -2.26. The van der Waals surface area contributed by atoms with E-state index in [0.29, 0.717) is 13.0 Å². The first kappa shape index (κ1) is 14.3. The Kier molecular flexibility index (Phi) is 4.19. The SMILES string of the molecule is CN(Cc1cc2ccccc2o1)C(=O)CCc1ccncc1. The van der Waals surface area contributed by atoms with Crippen molar-refractivity contribution in [3.8, 4) is 0 Å². The molecule has 0 aliphatic rings. The second kappa shape index (κ2) is 6.43. The Balaban J connectivity index is 1.58. The van der Waals surface area contributed by atoms with Gasteiger partial charge in [-0.1, -0.05) is 18.2 Å². The average Bonchev–Trinajstić information content (AvgIpc) is 2.95. The second-order valence-corrected chi connectivity index (χ2v) is 5.36. The Morgan fingerprint density at radius 2 is 1.95 bits per heavy atom. The van der Waals surface area contributed by atoms with Crippen LogP contribution in [0.15, 0.2) is 59.3 Å². The molecule has 0 unspecified atom stereocenters. The number of hydrogen-bond acceptors (Lipinski definition) is 3. The van der Waals surface area contributed by atoms with Crippen LogP contribution >= 0.6 is 0 Å². The highest BCUT2D eigenvalue weighted by Crippen LogP contribution is 2.19. The van der Waals surface area contributed by atoms with Crippen LogP contribution in [0.5, 0.6) is 0 Å². The summed E-state index contributed by atoms with van der Waals surface area (Å²) in [7, 11) is 1.81. The standard InChI is InChI=1S/C18H18N2O2/c1-20(18(21)7-6-14-8-10-19-11-9-14)13-16-12-15-4-2-3-5-17(15)22-16/h2-5,8-12H,6-7,13H2,1H3. The molecule has 22 heavy (non-hydrogen) atoms. The first-order chi connectivity index (χ1) is 10.7. The molecule has 1 aromatic carbocycles. The lowest BCUT2D eigenvalue weighted by Gasteiger charge is -2.15. The average molecular weight is 294 g/mol. The molecule has 112 valence electrons. The predicted octanol–water partition coefficient (Wildman–Crippen LogP) is 3.42.